The topological polar surface area (TPSA) is 79.9 Å². The minimum atomic E-state index is -4.33. The van der Waals surface area contributed by atoms with Crippen molar-refractivity contribution in [1.82, 2.24) is 20.7 Å². The lowest BCUT2D eigenvalue weighted by Gasteiger charge is -2.09. The van der Waals surface area contributed by atoms with Crippen LogP contribution in [0.2, 0.25) is 0 Å². The highest BCUT2D eigenvalue weighted by molar-refractivity contribution is 5.97. The number of hydrogen-bond acceptors (Lipinski definition) is 4. The van der Waals surface area contributed by atoms with Crippen LogP contribution < -0.4 is 5.32 Å². The number of aromatic nitrogens is 3. The van der Waals surface area contributed by atoms with E-state index in [1.165, 1.54) is 0 Å². The number of halogens is 3. The van der Waals surface area contributed by atoms with Gasteiger partial charge in [0.15, 0.2) is 0 Å². The zero-order valence-corrected chi connectivity index (χ0v) is 13.5. The zero-order chi connectivity index (χ0) is 18.6. The average Bonchev–Trinajstić information content (AvgIpc) is 3.07. The van der Waals surface area contributed by atoms with Crippen molar-refractivity contribution in [3.8, 4) is 0 Å². The fraction of sp³-hybridized carbons (Fsp3) is 0.235. The second-order valence-corrected chi connectivity index (χ2v) is 5.63. The lowest BCUT2D eigenvalue weighted by Crippen LogP contribution is -2.22. The molecule has 0 fully saturated rings. The van der Waals surface area contributed by atoms with Gasteiger partial charge < -0.3 is 10.1 Å². The van der Waals surface area contributed by atoms with Crippen LogP contribution in [-0.4, -0.2) is 34.1 Å². The van der Waals surface area contributed by atoms with Gasteiger partial charge >= 0.3 is 6.18 Å². The summed E-state index contributed by atoms with van der Waals surface area (Å²) >= 11 is 0. The molecule has 0 bridgehead atoms. The number of ether oxygens (including phenoxy) is 1. The van der Waals surface area contributed by atoms with Gasteiger partial charge in [0.2, 0.25) is 0 Å². The molecular weight excluding hydrogens is 349 g/mol. The van der Waals surface area contributed by atoms with E-state index in [0.29, 0.717) is 28.7 Å². The van der Waals surface area contributed by atoms with E-state index < -0.39 is 12.8 Å². The molecule has 3 rings (SSSR count). The van der Waals surface area contributed by atoms with Crippen molar-refractivity contribution in [2.75, 3.05) is 6.61 Å². The highest BCUT2D eigenvalue weighted by atomic mass is 19.4. The third-order valence-electron chi connectivity index (χ3n) is 3.59. The van der Waals surface area contributed by atoms with Gasteiger partial charge in [0.25, 0.3) is 5.91 Å². The van der Waals surface area contributed by atoms with Gasteiger partial charge in [-0.15, -0.1) is 0 Å². The normalized spacial score (nSPS) is 11.7. The number of H-pyrrole nitrogens is 1. The average molecular weight is 364 g/mol. The minimum Gasteiger partial charge on any atom is -0.367 e. The van der Waals surface area contributed by atoms with Crippen molar-refractivity contribution >= 4 is 16.9 Å². The molecule has 6 nitrogen and oxygen atoms in total. The Bertz CT molecular complexity index is 891. The number of rotatable bonds is 6. The summed E-state index contributed by atoms with van der Waals surface area (Å²) in [4.78, 5) is 12.2. The van der Waals surface area contributed by atoms with Gasteiger partial charge in [-0.3, -0.25) is 4.79 Å². The molecule has 0 saturated heterocycles. The molecule has 1 heterocycles. The Labute approximate surface area is 146 Å². The molecule has 0 radical (unpaired) electrons. The van der Waals surface area contributed by atoms with E-state index in [1.54, 1.807) is 42.5 Å². The number of alkyl halides is 3. The number of benzene rings is 2. The number of amides is 1. The number of nitrogens with zero attached hydrogens (tertiary/aromatic N) is 2. The maximum absolute atomic E-state index is 12.2. The Morgan fingerprint density at radius 1 is 1.04 bits per heavy atom. The lowest BCUT2D eigenvalue weighted by molar-refractivity contribution is -0.176. The molecule has 1 amide bonds. The summed E-state index contributed by atoms with van der Waals surface area (Å²) in [7, 11) is 0. The molecule has 0 saturated carbocycles. The van der Waals surface area contributed by atoms with Gasteiger partial charge in [-0.2, -0.15) is 28.6 Å². The SMILES string of the molecule is O=C(NCc1ccc(COCC(F)(F)F)cc1)c1ccc2n[nH]nc2c1. The van der Waals surface area contributed by atoms with Crippen molar-refractivity contribution in [1.29, 1.82) is 0 Å². The van der Waals surface area contributed by atoms with E-state index in [4.69, 9.17) is 0 Å². The number of hydrogen-bond donors (Lipinski definition) is 2. The van der Waals surface area contributed by atoms with Crippen LogP contribution in [0.3, 0.4) is 0 Å². The van der Waals surface area contributed by atoms with Crippen LogP contribution >= 0.6 is 0 Å². The second-order valence-electron chi connectivity index (χ2n) is 5.63. The highest BCUT2D eigenvalue weighted by Crippen LogP contribution is 2.16. The molecule has 0 aliphatic carbocycles. The molecule has 1 aromatic heterocycles. The molecule has 2 aromatic carbocycles. The minimum absolute atomic E-state index is 0.121. The molecule has 0 unspecified atom stereocenters. The summed E-state index contributed by atoms with van der Waals surface area (Å²) in [5, 5.41) is 13.1. The van der Waals surface area contributed by atoms with E-state index >= 15 is 0 Å². The van der Waals surface area contributed by atoms with Crippen LogP contribution in [0.25, 0.3) is 11.0 Å². The fourth-order valence-corrected chi connectivity index (χ4v) is 2.30. The molecule has 0 atom stereocenters. The third-order valence-corrected chi connectivity index (χ3v) is 3.59. The molecule has 0 spiro atoms. The van der Waals surface area contributed by atoms with Crippen molar-refractivity contribution in [3.05, 3.63) is 59.2 Å². The van der Waals surface area contributed by atoms with Crippen LogP contribution in [0.15, 0.2) is 42.5 Å². The maximum Gasteiger partial charge on any atom is 0.411 e. The molecule has 9 heteroatoms. The molecule has 0 aliphatic heterocycles. The molecule has 3 aromatic rings. The smallest absolute Gasteiger partial charge is 0.367 e. The first-order chi connectivity index (χ1) is 12.4. The largest absolute Gasteiger partial charge is 0.411 e. The van der Waals surface area contributed by atoms with Crippen LogP contribution in [0.4, 0.5) is 13.2 Å². The first-order valence-corrected chi connectivity index (χ1v) is 7.72. The zero-order valence-electron chi connectivity index (χ0n) is 13.5. The van der Waals surface area contributed by atoms with E-state index in [1.807, 2.05) is 0 Å². The monoisotopic (exact) mass is 364 g/mol. The summed E-state index contributed by atoms with van der Waals surface area (Å²) in [5.74, 6) is -0.257. The van der Waals surface area contributed by atoms with E-state index in [-0.39, 0.29) is 12.5 Å². The second kappa shape index (κ2) is 7.52. The van der Waals surface area contributed by atoms with Crippen LogP contribution in [0, 0.1) is 0 Å². The Balaban J connectivity index is 1.51. The number of nitrogens with one attached hydrogen (secondary N) is 2. The maximum atomic E-state index is 12.2. The van der Waals surface area contributed by atoms with E-state index in [2.05, 4.69) is 25.5 Å². The van der Waals surface area contributed by atoms with Gasteiger partial charge in [0, 0.05) is 12.1 Å². The van der Waals surface area contributed by atoms with Crippen molar-refractivity contribution < 1.29 is 22.7 Å². The van der Waals surface area contributed by atoms with E-state index in [9.17, 15) is 18.0 Å². The Morgan fingerprint density at radius 3 is 2.46 bits per heavy atom. The lowest BCUT2D eigenvalue weighted by atomic mass is 10.1. The van der Waals surface area contributed by atoms with Gasteiger partial charge in [-0.1, -0.05) is 24.3 Å². The number of carbonyl (C=O) groups excluding carboxylic acids is 1. The summed E-state index contributed by atoms with van der Waals surface area (Å²) in [5.41, 5.74) is 3.18. The third kappa shape index (κ3) is 4.79. The predicted octanol–water partition coefficient (Wildman–Crippen LogP) is 2.97. The van der Waals surface area contributed by atoms with Gasteiger partial charge in [-0.25, -0.2) is 0 Å². The molecule has 26 heavy (non-hydrogen) atoms. The molecule has 2 N–H and O–H groups in total. The highest BCUT2D eigenvalue weighted by Gasteiger charge is 2.27. The molecule has 136 valence electrons. The van der Waals surface area contributed by atoms with Crippen molar-refractivity contribution in [2.45, 2.75) is 19.3 Å². The fourth-order valence-electron chi connectivity index (χ4n) is 2.30. The predicted molar refractivity (Wildman–Crippen MR) is 87.2 cm³/mol. The van der Waals surface area contributed by atoms with Crippen LogP contribution in [-0.2, 0) is 17.9 Å². The van der Waals surface area contributed by atoms with Gasteiger partial charge in [0.1, 0.15) is 17.6 Å². The van der Waals surface area contributed by atoms with Gasteiger partial charge in [-0.05, 0) is 29.3 Å². The molecular formula is C17H15F3N4O2. The van der Waals surface area contributed by atoms with Crippen molar-refractivity contribution in [3.63, 3.8) is 0 Å². The first-order valence-electron chi connectivity index (χ1n) is 7.72. The number of aromatic amines is 1. The van der Waals surface area contributed by atoms with Gasteiger partial charge in [0.05, 0.1) is 6.61 Å². The Hall–Kier alpha value is -2.94. The quantitative estimate of drug-likeness (QED) is 0.705. The Kier molecular flexibility index (Phi) is 5.17. The van der Waals surface area contributed by atoms with E-state index in [0.717, 1.165) is 5.56 Å². The number of carbonyl (C=O) groups is 1. The Morgan fingerprint density at radius 2 is 1.73 bits per heavy atom. The summed E-state index contributed by atoms with van der Waals surface area (Å²) in [6, 6.07) is 11.8. The number of fused-ring (bicyclic) bond motifs is 1. The first kappa shape index (κ1) is 17.9. The van der Waals surface area contributed by atoms with Crippen molar-refractivity contribution in [2.24, 2.45) is 0 Å². The van der Waals surface area contributed by atoms with Crippen LogP contribution in [0.5, 0.6) is 0 Å². The molecule has 0 aliphatic rings. The van der Waals surface area contributed by atoms with Crippen LogP contribution in [0.1, 0.15) is 21.5 Å². The summed E-state index contributed by atoms with van der Waals surface area (Å²) < 4.78 is 40.7. The standard InChI is InChI=1S/C17H15F3N4O2/c18-17(19,20)10-26-9-12-3-1-11(2-4-12)8-21-16(25)13-5-6-14-15(7-13)23-24-22-14/h1-7H,8-10H2,(H,21,25)(H,22,23,24). The summed E-state index contributed by atoms with van der Waals surface area (Å²) in [6.07, 6.45) is -4.33. The summed E-state index contributed by atoms with van der Waals surface area (Å²) in [6.45, 7) is -1.11.